The van der Waals surface area contributed by atoms with Crippen LogP contribution >= 0.6 is 11.8 Å². The zero-order valence-electron chi connectivity index (χ0n) is 8.88. The molecule has 1 aliphatic heterocycles. The Morgan fingerprint density at radius 2 is 2.23 bits per heavy atom. The van der Waals surface area contributed by atoms with Gasteiger partial charge in [0.25, 0.3) is 0 Å². The molecule has 0 fully saturated rings. The number of allylic oxidation sites excluding steroid dienone is 1. The first kappa shape index (κ1) is 11.2. The van der Waals surface area contributed by atoms with E-state index in [0.717, 1.165) is 5.92 Å². The van der Waals surface area contributed by atoms with Crippen molar-refractivity contribution in [2.75, 3.05) is 0 Å². The highest BCUT2D eigenvalue weighted by Crippen LogP contribution is 2.41. The van der Waals surface area contributed by atoms with Gasteiger partial charge in [-0.25, -0.2) is 0 Å². The molecule has 0 aliphatic carbocycles. The highest BCUT2D eigenvalue weighted by atomic mass is 32.2. The van der Waals surface area contributed by atoms with Crippen LogP contribution in [0.1, 0.15) is 52.4 Å². The Kier molecular flexibility index (Phi) is 5.61. The molecule has 0 aromatic heterocycles. The zero-order chi connectivity index (χ0) is 9.52. The maximum Gasteiger partial charge on any atom is 0.0419 e. The molecule has 1 rings (SSSR count). The van der Waals surface area contributed by atoms with Crippen LogP contribution < -0.4 is 0 Å². The third-order valence-corrected chi connectivity index (χ3v) is 3.87. The smallest absolute Gasteiger partial charge is 0.0419 e. The Morgan fingerprint density at radius 3 is 2.77 bits per heavy atom. The lowest BCUT2D eigenvalue weighted by Crippen LogP contribution is -2.06. The minimum atomic E-state index is 0.881. The van der Waals surface area contributed by atoms with E-state index in [1.54, 1.807) is 5.25 Å². The standard InChI is InChI=1S/C12H21S/c1-3-5-6-8-11(4-2)12-9-7-10-13-12/h7,10-11H,3-6,8-9H2,1-2H3. The van der Waals surface area contributed by atoms with Crippen LogP contribution in [0.5, 0.6) is 0 Å². The summed E-state index contributed by atoms with van der Waals surface area (Å²) in [4.78, 5) is 0. The molecule has 1 heteroatoms. The van der Waals surface area contributed by atoms with E-state index in [0.29, 0.717) is 0 Å². The number of thioether (sulfide) groups is 1. The van der Waals surface area contributed by atoms with Gasteiger partial charge in [-0.2, -0.15) is 0 Å². The molecule has 0 saturated heterocycles. The van der Waals surface area contributed by atoms with E-state index in [4.69, 9.17) is 0 Å². The fraction of sp³-hybridized carbons (Fsp3) is 0.750. The summed E-state index contributed by atoms with van der Waals surface area (Å²) >= 11 is 1.97. The first-order chi connectivity index (χ1) is 6.38. The van der Waals surface area contributed by atoms with Gasteiger partial charge in [0.1, 0.15) is 0 Å². The van der Waals surface area contributed by atoms with Crippen LogP contribution in [0.25, 0.3) is 0 Å². The molecule has 0 aromatic rings. The highest BCUT2D eigenvalue weighted by Gasteiger charge is 2.21. The van der Waals surface area contributed by atoms with Crippen molar-refractivity contribution in [3.63, 3.8) is 0 Å². The van der Waals surface area contributed by atoms with E-state index in [-0.39, 0.29) is 0 Å². The predicted molar refractivity (Wildman–Crippen MR) is 62.5 cm³/mol. The van der Waals surface area contributed by atoms with Crippen LogP contribution in [0.3, 0.4) is 0 Å². The summed E-state index contributed by atoms with van der Waals surface area (Å²) in [5, 5.41) is 3.95. The van der Waals surface area contributed by atoms with E-state index < -0.39 is 0 Å². The van der Waals surface area contributed by atoms with Crippen LogP contribution in [0.4, 0.5) is 0 Å². The van der Waals surface area contributed by atoms with Crippen molar-refractivity contribution in [3.05, 3.63) is 16.7 Å². The Bertz CT molecular complexity index is 143. The minimum absolute atomic E-state index is 0.881. The van der Waals surface area contributed by atoms with E-state index in [9.17, 15) is 0 Å². The molecule has 0 N–H and O–H groups in total. The summed E-state index contributed by atoms with van der Waals surface area (Å²) < 4.78 is 0. The maximum absolute atomic E-state index is 2.32. The van der Waals surface area contributed by atoms with E-state index in [1.807, 2.05) is 11.8 Å². The molecular weight excluding hydrogens is 176 g/mol. The Balaban J connectivity index is 2.18. The van der Waals surface area contributed by atoms with Gasteiger partial charge in [0.05, 0.1) is 0 Å². The van der Waals surface area contributed by atoms with Gasteiger partial charge in [-0.15, -0.1) is 11.8 Å². The van der Waals surface area contributed by atoms with Crippen molar-refractivity contribution in [1.29, 1.82) is 0 Å². The average molecular weight is 197 g/mol. The molecule has 1 aliphatic rings. The minimum Gasteiger partial charge on any atom is -0.126 e. The second kappa shape index (κ2) is 6.53. The molecule has 13 heavy (non-hydrogen) atoms. The second-order valence-corrected chi connectivity index (χ2v) is 4.79. The van der Waals surface area contributed by atoms with Gasteiger partial charge in [-0.05, 0) is 24.2 Å². The molecule has 1 atom stereocenters. The lowest BCUT2D eigenvalue weighted by Gasteiger charge is -2.20. The topological polar surface area (TPSA) is 0 Å². The predicted octanol–water partition coefficient (Wildman–Crippen LogP) is 4.78. The van der Waals surface area contributed by atoms with Gasteiger partial charge in [-0.1, -0.05) is 45.6 Å². The number of unbranched alkanes of at least 4 members (excludes halogenated alkanes) is 2. The zero-order valence-corrected chi connectivity index (χ0v) is 9.70. The van der Waals surface area contributed by atoms with Crippen molar-refractivity contribution in [1.82, 2.24) is 0 Å². The van der Waals surface area contributed by atoms with E-state index in [1.165, 1.54) is 38.5 Å². The molecule has 0 bridgehead atoms. The van der Waals surface area contributed by atoms with Gasteiger partial charge < -0.3 is 0 Å². The fourth-order valence-corrected chi connectivity index (χ4v) is 2.88. The van der Waals surface area contributed by atoms with Gasteiger partial charge >= 0.3 is 0 Å². The second-order valence-electron chi connectivity index (χ2n) is 3.76. The summed E-state index contributed by atoms with van der Waals surface area (Å²) in [6.07, 6.45) is 10.4. The number of rotatable bonds is 6. The third kappa shape index (κ3) is 3.76. The Morgan fingerprint density at radius 1 is 1.38 bits per heavy atom. The first-order valence-corrected chi connectivity index (χ1v) is 6.43. The summed E-state index contributed by atoms with van der Waals surface area (Å²) in [5.41, 5.74) is 0. The summed E-state index contributed by atoms with van der Waals surface area (Å²) in [5.74, 6) is 0.881. The summed E-state index contributed by atoms with van der Waals surface area (Å²) in [6.45, 7) is 4.60. The molecule has 0 aromatic carbocycles. The van der Waals surface area contributed by atoms with Gasteiger partial charge in [-0.3, -0.25) is 0 Å². The molecule has 0 saturated carbocycles. The van der Waals surface area contributed by atoms with Crippen molar-refractivity contribution in [2.24, 2.45) is 5.92 Å². The van der Waals surface area contributed by atoms with Crippen molar-refractivity contribution in [3.8, 4) is 0 Å². The van der Waals surface area contributed by atoms with E-state index >= 15 is 0 Å². The lowest BCUT2D eigenvalue weighted by atomic mass is 9.93. The lowest BCUT2D eigenvalue weighted by molar-refractivity contribution is 0.483. The van der Waals surface area contributed by atoms with Crippen LogP contribution in [0.2, 0.25) is 0 Å². The van der Waals surface area contributed by atoms with Crippen LogP contribution in [0, 0.1) is 11.2 Å². The van der Waals surface area contributed by atoms with Crippen LogP contribution in [-0.2, 0) is 0 Å². The largest absolute Gasteiger partial charge is 0.126 e. The molecule has 75 valence electrons. The molecular formula is C12H21S. The highest BCUT2D eigenvalue weighted by molar-refractivity contribution is 8.05. The Labute approximate surface area is 87.2 Å². The van der Waals surface area contributed by atoms with Gasteiger partial charge in [0.2, 0.25) is 0 Å². The van der Waals surface area contributed by atoms with Crippen molar-refractivity contribution in [2.45, 2.75) is 52.4 Å². The van der Waals surface area contributed by atoms with Gasteiger partial charge in [0, 0.05) is 5.25 Å². The monoisotopic (exact) mass is 197 g/mol. The number of hydrogen-bond acceptors (Lipinski definition) is 1. The molecule has 1 heterocycles. The third-order valence-electron chi connectivity index (χ3n) is 2.74. The quantitative estimate of drug-likeness (QED) is 0.552. The molecule has 1 unspecified atom stereocenters. The van der Waals surface area contributed by atoms with Crippen molar-refractivity contribution < 1.29 is 0 Å². The first-order valence-electron chi connectivity index (χ1n) is 5.55. The van der Waals surface area contributed by atoms with Crippen LogP contribution in [-0.4, -0.2) is 0 Å². The SMILES string of the molecule is CCCCCC(CC)[C]1CC=CS1. The Hall–Kier alpha value is 0.0900. The van der Waals surface area contributed by atoms with Gasteiger partial charge in [0.15, 0.2) is 0 Å². The fourth-order valence-electron chi connectivity index (χ4n) is 1.84. The van der Waals surface area contributed by atoms with E-state index in [2.05, 4.69) is 25.3 Å². The maximum atomic E-state index is 2.32. The van der Waals surface area contributed by atoms with Crippen LogP contribution in [0.15, 0.2) is 11.5 Å². The van der Waals surface area contributed by atoms with Crippen molar-refractivity contribution >= 4 is 11.8 Å². The molecule has 0 spiro atoms. The number of hydrogen-bond donors (Lipinski definition) is 0. The molecule has 1 radical (unpaired) electrons. The summed E-state index contributed by atoms with van der Waals surface area (Å²) in [6, 6.07) is 0. The normalized spacial score (nSPS) is 19.5. The average Bonchev–Trinajstić information content (AvgIpc) is 2.65. The molecule has 0 amide bonds. The summed E-state index contributed by atoms with van der Waals surface area (Å²) in [7, 11) is 0. The molecule has 0 nitrogen and oxygen atoms in total.